The van der Waals surface area contributed by atoms with E-state index in [1.807, 2.05) is 16.8 Å². The topological polar surface area (TPSA) is 52.6 Å². The Balaban J connectivity index is 1.77. The second kappa shape index (κ2) is 6.65. The molecule has 1 aliphatic rings. The molecule has 2 amide bonds. The van der Waals surface area contributed by atoms with Crippen LogP contribution >= 0.6 is 11.3 Å². The first-order chi connectivity index (χ1) is 9.88. The van der Waals surface area contributed by atoms with Gasteiger partial charge in [0.1, 0.15) is 0 Å². The van der Waals surface area contributed by atoms with Crippen molar-refractivity contribution in [3.63, 3.8) is 0 Å². The van der Waals surface area contributed by atoms with E-state index in [0.717, 1.165) is 5.56 Å². The van der Waals surface area contributed by atoms with Gasteiger partial charge in [0, 0.05) is 19.6 Å². The fourth-order valence-electron chi connectivity index (χ4n) is 2.37. The number of aliphatic hydroxyl groups excluding tert-OH is 1. The number of nitrogens with one attached hydrogen (secondary N) is 1. The number of hydrogen-bond acceptors (Lipinski definition) is 3. The highest BCUT2D eigenvalue weighted by Crippen LogP contribution is 2.31. The number of carbonyl (C=O) groups excluding carboxylic acids is 1. The summed E-state index contributed by atoms with van der Waals surface area (Å²) >= 11 is 1.53. The lowest BCUT2D eigenvalue weighted by molar-refractivity contribution is -0.222. The van der Waals surface area contributed by atoms with Gasteiger partial charge in [0.2, 0.25) is 0 Å². The molecule has 2 rings (SSSR count). The summed E-state index contributed by atoms with van der Waals surface area (Å²) in [5.74, 6) is -0.828. The molecule has 4 nitrogen and oxygen atoms in total. The number of carbonyl (C=O) groups is 1. The Morgan fingerprint density at radius 2 is 2.14 bits per heavy atom. The molecule has 118 valence electrons. The van der Waals surface area contributed by atoms with Crippen molar-refractivity contribution < 1.29 is 23.1 Å². The standard InChI is InChI=1S/C13H17F3N2O2S/c14-13(15,16)11(19)10-1-4-18(5-2-10)12(20)17-7-9-3-6-21-8-9/h3,6,8,10-11,19H,1-2,4-5,7H2,(H,17,20)/t11-/m0/s1. The molecule has 1 saturated heterocycles. The Morgan fingerprint density at radius 3 is 2.67 bits per heavy atom. The summed E-state index contributed by atoms with van der Waals surface area (Å²) in [6, 6.07) is 1.62. The zero-order valence-corrected chi connectivity index (χ0v) is 12.1. The highest BCUT2D eigenvalue weighted by molar-refractivity contribution is 7.07. The molecule has 0 aromatic carbocycles. The lowest BCUT2D eigenvalue weighted by atomic mass is 9.91. The molecule has 0 radical (unpaired) electrons. The number of amides is 2. The predicted octanol–water partition coefficient (Wildman–Crippen LogP) is 2.59. The molecule has 2 N–H and O–H groups in total. The molecule has 1 aliphatic heterocycles. The van der Waals surface area contributed by atoms with Gasteiger partial charge in [-0.25, -0.2) is 4.79 Å². The van der Waals surface area contributed by atoms with Crippen molar-refractivity contribution in [3.8, 4) is 0 Å². The number of alkyl halides is 3. The van der Waals surface area contributed by atoms with Gasteiger partial charge in [0.05, 0.1) is 0 Å². The largest absolute Gasteiger partial charge is 0.414 e. The van der Waals surface area contributed by atoms with E-state index in [4.69, 9.17) is 0 Å². The minimum Gasteiger partial charge on any atom is -0.383 e. The molecule has 1 fully saturated rings. The first kappa shape index (κ1) is 16.1. The maximum atomic E-state index is 12.4. The fourth-order valence-corrected chi connectivity index (χ4v) is 3.04. The minimum absolute atomic E-state index is 0.159. The van der Waals surface area contributed by atoms with Gasteiger partial charge in [-0.15, -0.1) is 0 Å². The summed E-state index contributed by atoms with van der Waals surface area (Å²) in [5.41, 5.74) is 0.996. The first-order valence-corrected chi connectivity index (χ1v) is 7.61. The third-order valence-corrected chi connectivity index (χ3v) is 4.36. The summed E-state index contributed by atoms with van der Waals surface area (Å²) < 4.78 is 37.3. The molecule has 1 aromatic rings. The van der Waals surface area contributed by atoms with Crippen LogP contribution in [0.4, 0.5) is 18.0 Å². The normalized spacial score (nSPS) is 18.6. The third-order valence-electron chi connectivity index (χ3n) is 3.63. The second-order valence-electron chi connectivity index (χ2n) is 5.10. The van der Waals surface area contributed by atoms with E-state index in [1.54, 1.807) is 0 Å². The van der Waals surface area contributed by atoms with Crippen molar-refractivity contribution in [2.75, 3.05) is 13.1 Å². The summed E-state index contributed by atoms with van der Waals surface area (Å²) in [7, 11) is 0. The quantitative estimate of drug-likeness (QED) is 0.899. The zero-order valence-electron chi connectivity index (χ0n) is 11.3. The third kappa shape index (κ3) is 4.34. The van der Waals surface area contributed by atoms with Crippen molar-refractivity contribution in [2.45, 2.75) is 31.7 Å². The van der Waals surface area contributed by atoms with Gasteiger partial charge in [0.15, 0.2) is 6.10 Å². The number of urea groups is 1. The van der Waals surface area contributed by atoms with Crippen molar-refractivity contribution in [1.29, 1.82) is 0 Å². The Morgan fingerprint density at radius 1 is 1.48 bits per heavy atom. The van der Waals surface area contributed by atoms with Crippen molar-refractivity contribution in [2.24, 2.45) is 5.92 Å². The average molecular weight is 322 g/mol. The number of piperidine rings is 1. The number of hydrogen-bond donors (Lipinski definition) is 2. The summed E-state index contributed by atoms with van der Waals surface area (Å²) in [5, 5.41) is 15.8. The molecular weight excluding hydrogens is 305 g/mol. The fraction of sp³-hybridized carbons (Fsp3) is 0.615. The zero-order chi connectivity index (χ0) is 15.5. The molecule has 0 bridgehead atoms. The number of nitrogens with zero attached hydrogens (tertiary/aromatic N) is 1. The highest BCUT2D eigenvalue weighted by atomic mass is 32.1. The van der Waals surface area contributed by atoms with Crippen molar-refractivity contribution in [3.05, 3.63) is 22.4 Å². The van der Waals surface area contributed by atoms with Crippen molar-refractivity contribution >= 4 is 17.4 Å². The van der Waals surface area contributed by atoms with E-state index in [0.29, 0.717) is 6.54 Å². The van der Waals surface area contributed by atoms with E-state index in [2.05, 4.69) is 5.32 Å². The van der Waals surface area contributed by atoms with Gasteiger partial charge in [0.25, 0.3) is 0 Å². The molecule has 1 atom stereocenters. The van der Waals surface area contributed by atoms with Crippen LogP contribution in [0.2, 0.25) is 0 Å². The van der Waals surface area contributed by atoms with E-state index in [1.165, 1.54) is 16.2 Å². The van der Waals surface area contributed by atoms with Gasteiger partial charge in [-0.1, -0.05) is 0 Å². The van der Waals surface area contributed by atoms with Crippen LogP contribution in [-0.4, -0.2) is 41.4 Å². The van der Waals surface area contributed by atoms with Gasteiger partial charge >= 0.3 is 12.2 Å². The molecule has 0 spiro atoms. The average Bonchev–Trinajstić information content (AvgIpc) is 2.96. The summed E-state index contributed by atoms with van der Waals surface area (Å²) in [4.78, 5) is 13.4. The maximum Gasteiger partial charge on any atom is 0.414 e. The molecule has 2 heterocycles. The smallest absolute Gasteiger partial charge is 0.383 e. The van der Waals surface area contributed by atoms with E-state index in [9.17, 15) is 23.1 Å². The van der Waals surface area contributed by atoms with Crippen LogP contribution in [0.3, 0.4) is 0 Å². The Hall–Kier alpha value is -1.28. The summed E-state index contributed by atoms with van der Waals surface area (Å²) in [6.45, 7) is 0.869. The van der Waals surface area contributed by atoms with E-state index in [-0.39, 0.29) is 32.0 Å². The van der Waals surface area contributed by atoms with Gasteiger partial charge in [-0.2, -0.15) is 24.5 Å². The second-order valence-corrected chi connectivity index (χ2v) is 5.88. The van der Waals surface area contributed by atoms with Crippen molar-refractivity contribution in [1.82, 2.24) is 10.2 Å². The molecule has 1 aromatic heterocycles. The Labute approximate surface area is 124 Å². The number of halogens is 3. The predicted molar refractivity (Wildman–Crippen MR) is 72.9 cm³/mol. The highest BCUT2D eigenvalue weighted by Gasteiger charge is 2.44. The molecule has 21 heavy (non-hydrogen) atoms. The van der Waals surface area contributed by atoms with E-state index < -0.39 is 18.2 Å². The van der Waals surface area contributed by atoms with Gasteiger partial charge < -0.3 is 15.3 Å². The molecule has 8 heteroatoms. The van der Waals surface area contributed by atoms with Crippen LogP contribution in [-0.2, 0) is 6.54 Å². The molecule has 0 unspecified atom stereocenters. The number of thiophene rings is 1. The molecular formula is C13H17F3N2O2S. The lowest BCUT2D eigenvalue weighted by Crippen LogP contribution is -2.48. The van der Waals surface area contributed by atoms with Gasteiger partial charge in [-0.05, 0) is 41.1 Å². The SMILES string of the molecule is O=C(NCc1ccsc1)N1CCC([C@H](O)C(F)(F)F)CC1. The van der Waals surface area contributed by atoms with Crippen LogP contribution in [0.25, 0.3) is 0 Å². The molecule has 0 aliphatic carbocycles. The number of likely N-dealkylation sites (tertiary alicyclic amines) is 1. The monoisotopic (exact) mass is 322 g/mol. The first-order valence-electron chi connectivity index (χ1n) is 6.66. The molecule has 0 saturated carbocycles. The van der Waals surface area contributed by atoms with Crippen LogP contribution in [0, 0.1) is 5.92 Å². The van der Waals surface area contributed by atoms with Crippen LogP contribution in [0.15, 0.2) is 16.8 Å². The maximum absolute atomic E-state index is 12.4. The lowest BCUT2D eigenvalue weighted by Gasteiger charge is -2.34. The van der Waals surface area contributed by atoms with E-state index >= 15 is 0 Å². The summed E-state index contributed by atoms with van der Waals surface area (Å²) in [6.07, 6.45) is -6.57. The minimum atomic E-state index is -4.59. The van der Waals surface area contributed by atoms with Crippen LogP contribution < -0.4 is 5.32 Å². The van der Waals surface area contributed by atoms with Gasteiger partial charge in [-0.3, -0.25) is 0 Å². The Kier molecular flexibility index (Phi) is 5.10. The Bertz CT molecular complexity index is 456. The number of aliphatic hydroxyl groups is 1. The number of rotatable bonds is 3. The van der Waals surface area contributed by atoms with Crippen LogP contribution in [0.1, 0.15) is 18.4 Å². The van der Waals surface area contributed by atoms with Crippen LogP contribution in [0.5, 0.6) is 0 Å².